The third kappa shape index (κ3) is 5.42. The number of benzene rings is 1. The average molecular weight is 322 g/mol. The van der Waals surface area contributed by atoms with Crippen molar-refractivity contribution >= 4 is 34.0 Å². The van der Waals surface area contributed by atoms with Crippen LogP contribution in [0, 0.1) is 0 Å². The Morgan fingerprint density at radius 2 is 1.84 bits per heavy atom. The van der Waals surface area contributed by atoms with Crippen LogP contribution in [-0.2, 0) is 10.8 Å². The number of hydrogen-bond acceptors (Lipinski definition) is 2. The van der Waals surface area contributed by atoms with E-state index in [-0.39, 0.29) is 6.04 Å². The molecule has 5 heteroatoms. The van der Waals surface area contributed by atoms with Gasteiger partial charge in [-0.25, -0.2) is 0 Å². The van der Waals surface area contributed by atoms with Gasteiger partial charge in [0.25, 0.3) is 0 Å². The van der Waals surface area contributed by atoms with E-state index in [2.05, 4.69) is 19.2 Å². The van der Waals surface area contributed by atoms with Crippen LogP contribution in [0.1, 0.15) is 33.1 Å². The Morgan fingerprint density at radius 1 is 1.21 bits per heavy atom. The summed E-state index contributed by atoms with van der Waals surface area (Å²) in [7, 11) is -1.17. The molecule has 0 aromatic heterocycles. The summed E-state index contributed by atoms with van der Waals surface area (Å²) in [6, 6.07) is 5.48. The summed E-state index contributed by atoms with van der Waals surface area (Å²) in [6.07, 6.45) is 3.14. The Labute approximate surface area is 128 Å². The van der Waals surface area contributed by atoms with Crippen LogP contribution in [0.2, 0.25) is 10.0 Å². The van der Waals surface area contributed by atoms with Crippen molar-refractivity contribution in [1.82, 2.24) is 5.32 Å². The molecule has 108 valence electrons. The highest BCUT2D eigenvalue weighted by Crippen LogP contribution is 2.28. The van der Waals surface area contributed by atoms with Gasteiger partial charge in [0.15, 0.2) is 0 Å². The minimum atomic E-state index is -1.17. The molecule has 2 atom stereocenters. The van der Waals surface area contributed by atoms with Crippen molar-refractivity contribution in [3.8, 4) is 0 Å². The summed E-state index contributed by atoms with van der Waals surface area (Å²) in [5.74, 6) is 0.553. The molecule has 1 aromatic rings. The van der Waals surface area contributed by atoms with Gasteiger partial charge in [0.2, 0.25) is 0 Å². The molecule has 0 aliphatic carbocycles. The first kappa shape index (κ1) is 17.0. The van der Waals surface area contributed by atoms with Crippen LogP contribution < -0.4 is 5.32 Å². The first-order valence-electron chi connectivity index (χ1n) is 6.65. The second-order valence-corrected chi connectivity index (χ2v) is 6.75. The van der Waals surface area contributed by atoms with E-state index < -0.39 is 10.8 Å². The van der Waals surface area contributed by atoms with Crippen LogP contribution in [-0.4, -0.2) is 22.5 Å². The van der Waals surface area contributed by atoms with Crippen LogP contribution in [0.25, 0.3) is 0 Å². The van der Waals surface area contributed by atoms with Crippen molar-refractivity contribution in [2.45, 2.75) is 44.0 Å². The predicted octanol–water partition coefficient (Wildman–Crippen LogP) is 4.27. The first-order chi connectivity index (χ1) is 9.10. The molecule has 0 saturated heterocycles. The van der Waals surface area contributed by atoms with E-state index in [9.17, 15) is 4.21 Å². The van der Waals surface area contributed by atoms with Crippen LogP contribution in [0.15, 0.2) is 23.1 Å². The Bertz CT molecular complexity index is 406. The Morgan fingerprint density at radius 3 is 2.37 bits per heavy atom. The molecule has 0 bridgehead atoms. The number of nitrogens with one attached hydrogen (secondary N) is 1. The largest absolute Gasteiger partial charge is 0.313 e. The SMILES string of the molecule is CCCNC(CCC)CS(=O)c1c(Cl)cccc1Cl. The van der Waals surface area contributed by atoms with Gasteiger partial charge in [-0.3, -0.25) is 4.21 Å². The van der Waals surface area contributed by atoms with Crippen molar-refractivity contribution in [3.63, 3.8) is 0 Å². The van der Waals surface area contributed by atoms with Crippen LogP contribution in [0.4, 0.5) is 0 Å². The van der Waals surface area contributed by atoms with E-state index in [1.165, 1.54) is 0 Å². The van der Waals surface area contributed by atoms with Gasteiger partial charge in [-0.15, -0.1) is 0 Å². The Kier molecular flexibility index (Phi) is 8.00. The third-order valence-corrected chi connectivity index (χ3v) is 5.27. The maximum Gasteiger partial charge on any atom is 0.0760 e. The zero-order valence-electron chi connectivity index (χ0n) is 11.4. The Balaban J connectivity index is 2.75. The standard InChI is InChI=1S/C14H21Cl2NOS/c1-3-6-11(17-9-4-2)10-19(18)14-12(15)7-5-8-13(14)16/h5,7-8,11,17H,3-4,6,9-10H2,1-2H3. The van der Waals surface area contributed by atoms with Gasteiger partial charge in [-0.1, -0.05) is 49.5 Å². The van der Waals surface area contributed by atoms with Crippen LogP contribution >= 0.6 is 23.2 Å². The molecule has 2 nitrogen and oxygen atoms in total. The fourth-order valence-electron chi connectivity index (χ4n) is 1.91. The van der Waals surface area contributed by atoms with Gasteiger partial charge in [0, 0.05) is 11.8 Å². The predicted molar refractivity (Wildman–Crippen MR) is 84.7 cm³/mol. The van der Waals surface area contributed by atoms with Gasteiger partial charge in [0.05, 0.1) is 25.7 Å². The van der Waals surface area contributed by atoms with E-state index in [1.807, 2.05) is 0 Å². The molecule has 0 aliphatic heterocycles. The maximum absolute atomic E-state index is 12.4. The topological polar surface area (TPSA) is 29.1 Å². The second-order valence-electron chi connectivity index (χ2n) is 4.50. The lowest BCUT2D eigenvalue weighted by Crippen LogP contribution is -2.34. The maximum atomic E-state index is 12.4. The Hall–Kier alpha value is -0.0900. The number of rotatable bonds is 8. The zero-order valence-corrected chi connectivity index (χ0v) is 13.7. The van der Waals surface area contributed by atoms with Gasteiger partial charge in [0.1, 0.15) is 0 Å². The molecule has 0 spiro atoms. The molecule has 0 amide bonds. The monoisotopic (exact) mass is 321 g/mol. The van der Waals surface area contributed by atoms with E-state index in [0.29, 0.717) is 20.7 Å². The van der Waals surface area contributed by atoms with Crippen molar-refractivity contribution in [2.75, 3.05) is 12.3 Å². The molecule has 1 aromatic carbocycles. The van der Waals surface area contributed by atoms with Crippen molar-refractivity contribution < 1.29 is 4.21 Å². The normalized spacial score (nSPS) is 14.3. The lowest BCUT2D eigenvalue weighted by atomic mass is 10.2. The smallest absolute Gasteiger partial charge is 0.0760 e. The highest BCUT2D eigenvalue weighted by atomic mass is 35.5. The molecule has 0 radical (unpaired) electrons. The summed E-state index contributed by atoms with van der Waals surface area (Å²) in [5, 5.41) is 4.40. The molecule has 0 saturated carbocycles. The van der Waals surface area contributed by atoms with Gasteiger partial charge >= 0.3 is 0 Å². The lowest BCUT2D eigenvalue weighted by molar-refractivity contribution is 0.510. The molecule has 0 aliphatic rings. The number of hydrogen-bond donors (Lipinski definition) is 1. The number of halogens is 2. The second kappa shape index (κ2) is 8.96. The van der Waals surface area contributed by atoms with Crippen molar-refractivity contribution in [1.29, 1.82) is 0 Å². The fraction of sp³-hybridized carbons (Fsp3) is 0.571. The van der Waals surface area contributed by atoms with Crippen molar-refractivity contribution in [3.05, 3.63) is 28.2 Å². The van der Waals surface area contributed by atoms with Crippen LogP contribution in [0.5, 0.6) is 0 Å². The minimum absolute atomic E-state index is 0.248. The highest BCUT2D eigenvalue weighted by Gasteiger charge is 2.17. The highest BCUT2D eigenvalue weighted by molar-refractivity contribution is 7.85. The molecule has 1 N–H and O–H groups in total. The minimum Gasteiger partial charge on any atom is -0.313 e. The summed E-state index contributed by atoms with van der Waals surface area (Å²) in [5.41, 5.74) is 0. The molecule has 0 fully saturated rings. The van der Waals surface area contributed by atoms with Gasteiger partial charge < -0.3 is 5.32 Å². The van der Waals surface area contributed by atoms with Crippen LogP contribution in [0.3, 0.4) is 0 Å². The molecule has 0 heterocycles. The van der Waals surface area contributed by atoms with Gasteiger partial charge in [-0.05, 0) is 31.5 Å². The average Bonchev–Trinajstić information content (AvgIpc) is 2.36. The lowest BCUT2D eigenvalue weighted by Gasteiger charge is -2.18. The fourth-order valence-corrected chi connectivity index (χ4v) is 4.21. The molecular weight excluding hydrogens is 301 g/mol. The molecule has 1 rings (SSSR count). The van der Waals surface area contributed by atoms with E-state index in [4.69, 9.17) is 23.2 Å². The zero-order chi connectivity index (χ0) is 14.3. The quantitative estimate of drug-likeness (QED) is 0.774. The molecule has 19 heavy (non-hydrogen) atoms. The van der Waals surface area contributed by atoms with E-state index >= 15 is 0 Å². The summed E-state index contributed by atoms with van der Waals surface area (Å²) < 4.78 is 12.4. The summed E-state index contributed by atoms with van der Waals surface area (Å²) in [6.45, 7) is 5.20. The third-order valence-electron chi connectivity index (χ3n) is 2.82. The summed E-state index contributed by atoms with van der Waals surface area (Å²) in [4.78, 5) is 0.560. The molecular formula is C14H21Cl2NOS. The summed E-state index contributed by atoms with van der Waals surface area (Å²) >= 11 is 12.2. The first-order valence-corrected chi connectivity index (χ1v) is 8.73. The van der Waals surface area contributed by atoms with Gasteiger partial charge in [-0.2, -0.15) is 0 Å². The van der Waals surface area contributed by atoms with E-state index in [1.54, 1.807) is 18.2 Å². The van der Waals surface area contributed by atoms with E-state index in [0.717, 1.165) is 25.8 Å². The van der Waals surface area contributed by atoms with Crippen molar-refractivity contribution in [2.24, 2.45) is 0 Å². The molecule has 2 unspecified atom stereocenters.